The van der Waals surface area contributed by atoms with Crippen LogP contribution in [0.25, 0.3) is 0 Å². The highest BCUT2D eigenvalue weighted by Gasteiger charge is 2.23. The summed E-state index contributed by atoms with van der Waals surface area (Å²) < 4.78 is 11.5. The Hall–Kier alpha value is -1.14. The van der Waals surface area contributed by atoms with E-state index in [9.17, 15) is 4.79 Å². The molecule has 2 atom stereocenters. The molecule has 1 aliphatic heterocycles. The van der Waals surface area contributed by atoms with Gasteiger partial charge in [0.05, 0.1) is 12.7 Å². The fraction of sp³-hybridized carbons (Fsp3) is 0.632. The van der Waals surface area contributed by atoms with Gasteiger partial charge in [-0.3, -0.25) is 4.79 Å². The average Bonchev–Trinajstić information content (AvgIpc) is 2.64. The van der Waals surface area contributed by atoms with Crippen LogP contribution in [0.15, 0.2) is 30.3 Å². The van der Waals surface area contributed by atoms with E-state index in [2.05, 4.69) is 0 Å². The van der Waals surface area contributed by atoms with Crippen LogP contribution in [-0.2, 0) is 20.8 Å². The third kappa shape index (κ3) is 7.74. The van der Waals surface area contributed by atoms with Crippen LogP contribution >= 0.6 is 12.4 Å². The molecule has 1 saturated heterocycles. The van der Waals surface area contributed by atoms with Crippen molar-refractivity contribution in [2.24, 2.45) is 5.73 Å². The zero-order valence-corrected chi connectivity index (χ0v) is 15.9. The van der Waals surface area contributed by atoms with Crippen LogP contribution < -0.4 is 5.73 Å². The first kappa shape index (κ1) is 21.9. The summed E-state index contributed by atoms with van der Waals surface area (Å²) in [5.74, 6) is 0.0168. The standard InChI is InChI=1S/C19H30N2O3.ClH/c1-16(24-15-18-10-5-6-13-23-18)19(22)21(12-7-11-20)14-17-8-3-2-4-9-17;/h2-4,8-9,16,18H,5-7,10-15,20H2,1H3;1H. The number of nitrogens with zero attached hydrogens (tertiary/aromatic N) is 1. The topological polar surface area (TPSA) is 64.8 Å². The molecule has 1 aromatic carbocycles. The van der Waals surface area contributed by atoms with Crippen LogP contribution in [0.3, 0.4) is 0 Å². The Morgan fingerprint density at radius 3 is 2.76 bits per heavy atom. The molecule has 5 nitrogen and oxygen atoms in total. The first-order chi connectivity index (χ1) is 11.7. The second-order valence-electron chi connectivity index (χ2n) is 6.35. The van der Waals surface area contributed by atoms with E-state index in [1.165, 1.54) is 6.42 Å². The summed E-state index contributed by atoms with van der Waals surface area (Å²) in [5, 5.41) is 0. The number of amides is 1. The SMILES string of the molecule is CC(OCC1CCCCO1)C(=O)N(CCCN)Cc1ccccc1.Cl. The Labute approximate surface area is 157 Å². The number of carbonyl (C=O) groups is 1. The Morgan fingerprint density at radius 1 is 1.36 bits per heavy atom. The summed E-state index contributed by atoms with van der Waals surface area (Å²) in [6.45, 7) is 4.93. The van der Waals surface area contributed by atoms with Crippen molar-refractivity contribution in [3.8, 4) is 0 Å². The number of hydrogen-bond donors (Lipinski definition) is 1. The van der Waals surface area contributed by atoms with Crippen molar-refractivity contribution in [2.75, 3.05) is 26.3 Å². The minimum Gasteiger partial charge on any atom is -0.376 e. The van der Waals surface area contributed by atoms with Gasteiger partial charge in [-0.25, -0.2) is 0 Å². The molecule has 0 aromatic heterocycles. The second kappa shape index (κ2) is 12.3. The normalized spacial score (nSPS) is 18.2. The van der Waals surface area contributed by atoms with E-state index in [-0.39, 0.29) is 24.4 Å². The lowest BCUT2D eigenvalue weighted by atomic mass is 10.1. The molecule has 0 spiro atoms. The van der Waals surface area contributed by atoms with Gasteiger partial charge in [-0.2, -0.15) is 0 Å². The van der Waals surface area contributed by atoms with E-state index in [1.54, 1.807) is 0 Å². The van der Waals surface area contributed by atoms with Gasteiger partial charge < -0.3 is 20.1 Å². The van der Waals surface area contributed by atoms with Crippen LogP contribution in [0.1, 0.15) is 38.2 Å². The van der Waals surface area contributed by atoms with Gasteiger partial charge in [0.1, 0.15) is 6.10 Å². The predicted molar refractivity (Wildman–Crippen MR) is 102 cm³/mol. The van der Waals surface area contributed by atoms with Crippen molar-refractivity contribution in [1.82, 2.24) is 4.90 Å². The monoisotopic (exact) mass is 370 g/mol. The summed E-state index contributed by atoms with van der Waals surface area (Å²) >= 11 is 0. The Morgan fingerprint density at radius 2 is 2.12 bits per heavy atom. The van der Waals surface area contributed by atoms with Gasteiger partial charge in [0.25, 0.3) is 5.91 Å². The van der Waals surface area contributed by atoms with Gasteiger partial charge in [0.15, 0.2) is 0 Å². The molecule has 2 N–H and O–H groups in total. The van der Waals surface area contributed by atoms with Gasteiger partial charge in [-0.15, -0.1) is 12.4 Å². The zero-order chi connectivity index (χ0) is 17.2. The maximum atomic E-state index is 12.7. The second-order valence-corrected chi connectivity index (χ2v) is 6.35. The van der Waals surface area contributed by atoms with Crippen LogP contribution in [0.4, 0.5) is 0 Å². The number of carbonyl (C=O) groups excluding carboxylic acids is 1. The minimum atomic E-state index is -0.461. The third-order valence-corrected chi connectivity index (χ3v) is 4.31. The average molecular weight is 371 g/mol. The van der Waals surface area contributed by atoms with Crippen LogP contribution in [0, 0.1) is 0 Å². The van der Waals surface area contributed by atoms with Crippen molar-refractivity contribution < 1.29 is 14.3 Å². The highest BCUT2D eigenvalue weighted by Crippen LogP contribution is 2.14. The number of halogens is 1. The van der Waals surface area contributed by atoms with Crippen LogP contribution in [0.2, 0.25) is 0 Å². The molecule has 1 aromatic rings. The lowest BCUT2D eigenvalue weighted by Crippen LogP contribution is -2.41. The van der Waals surface area contributed by atoms with Crippen molar-refractivity contribution in [1.29, 1.82) is 0 Å². The fourth-order valence-corrected chi connectivity index (χ4v) is 2.87. The number of ether oxygens (including phenoxy) is 2. The molecule has 0 aliphatic carbocycles. The summed E-state index contributed by atoms with van der Waals surface area (Å²) in [4.78, 5) is 14.6. The number of nitrogens with two attached hydrogens (primary N) is 1. The molecular formula is C19H31ClN2O3. The molecule has 6 heteroatoms. The summed E-state index contributed by atoms with van der Waals surface area (Å²) in [6.07, 6.45) is 3.76. The highest BCUT2D eigenvalue weighted by atomic mass is 35.5. The third-order valence-electron chi connectivity index (χ3n) is 4.31. The molecule has 142 valence electrons. The molecule has 0 saturated carbocycles. The molecule has 1 amide bonds. The fourth-order valence-electron chi connectivity index (χ4n) is 2.87. The van der Waals surface area contributed by atoms with E-state index in [4.69, 9.17) is 15.2 Å². The molecule has 2 rings (SSSR count). The molecule has 2 unspecified atom stereocenters. The molecule has 1 aliphatic rings. The quantitative estimate of drug-likeness (QED) is 0.725. The zero-order valence-electron chi connectivity index (χ0n) is 15.1. The number of benzene rings is 1. The maximum absolute atomic E-state index is 12.7. The van der Waals surface area contributed by atoms with Crippen LogP contribution in [0.5, 0.6) is 0 Å². The summed E-state index contributed by atoms with van der Waals surface area (Å²) in [5.41, 5.74) is 6.73. The Kier molecular flexibility index (Phi) is 10.7. The van der Waals surface area contributed by atoms with Gasteiger partial charge >= 0.3 is 0 Å². The van der Waals surface area contributed by atoms with E-state index in [0.717, 1.165) is 31.4 Å². The van der Waals surface area contributed by atoms with E-state index in [0.29, 0.717) is 26.2 Å². The predicted octanol–water partition coefficient (Wildman–Crippen LogP) is 2.76. The van der Waals surface area contributed by atoms with Gasteiger partial charge in [-0.05, 0) is 44.7 Å². The molecule has 0 bridgehead atoms. The molecular weight excluding hydrogens is 340 g/mol. The lowest BCUT2D eigenvalue weighted by molar-refractivity contribution is -0.146. The summed E-state index contributed by atoms with van der Waals surface area (Å²) in [7, 11) is 0. The highest BCUT2D eigenvalue weighted by molar-refractivity contribution is 5.85. The van der Waals surface area contributed by atoms with Crippen molar-refractivity contribution in [3.05, 3.63) is 35.9 Å². The Balaban J connectivity index is 0.00000312. The molecule has 0 radical (unpaired) electrons. The largest absolute Gasteiger partial charge is 0.376 e. The summed E-state index contributed by atoms with van der Waals surface area (Å²) in [6, 6.07) is 10.0. The van der Waals surface area contributed by atoms with Gasteiger partial charge in [0, 0.05) is 19.7 Å². The van der Waals surface area contributed by atoms with Crippen LogP contribution in [-0.4, -0.2) is 49.3 Å². The van der Waals surface area contributed by atoms with Crippen molar-refractivity contribution in [3.63, 3.8) is 0 Å². The van der Waals surface area contributed by atoms with Gasteiger partial charge in [0.2, 0.25) is 0 Å². The lowest BCUT2D eigenvalue weighted by Gasteiger charge is -2.28. The molecule has 1 heterocycles. The van der Waals surface area contributed by atoms with Gasteiger partial charge in [-0.1, -0.05) is 30.3 Å². The number of rotatable bonds is 9. The first-order valence-electron chi connectivity index (χ1n) is 8.96. The first-order valence-corrected chi connectivity index (χ1v) is 8.96. The van der Waals surface area contributed by atoms with Crippen molar-refractivity contribution >= 4 is 18.3 Å². The molecule has 1 fully saturated rings. The molecule has 25 heavy (non-hydrogen) atoms. The number of hydrogen-bond acceptors (Lipinski definition) is 4. The minimum absolute atomic E-state index is 0. The van der Waals surface area contributed by atoms with E-state index >= 15 is 0 Å². The van der Waals surface area contributed by atoms with E-state index in [1.807, 2.05) is 42.2 Å². The van der Waals surface area contributed by atoms with E-state index < -0.39 is 6.10 Å². The van der Waals surface area contributed by atoms with Crippen molar-refractivity contribution in [2.45, 2.75) is 51.4 Å². The maximum Gasteiger partial charge on any atom is 0.251 e. The Bertz CT molecular complexity index is 481. The smallest absolute Gasteiger partial charge is 0.251 e.